The van der Waals surface area contributed by atoms with Crippen LogP contribution < -0.4 is 4.90 Å². The lowest BCUT2D eigenvalue weighted by atomic mass is 9.74. The first-order valence-corrected chi connectivity index (χ1v) is 19.9. The molecule has 2 aromatic heterocycles. The Hall–Kier alpha value is -6.16. The smallest absolute Gasteiger partial charge is 0.134 e. The molecule has 9 aromatic rings. The Morgan fingerprint density at radius 1 is 0.537 bits per heavy atom. The first-order chi connectivity index (χ1) is 26.8. The van der Waals surface area contributed by atoms with Gasteiger partial charge in [-0.2, -0.15) is 0 Å². The Bertz CT molecular complexity index is 2860. The van der Waals surface area contributed by atoms with E-state index in [0.717, 1.165) is 42.0 Å². The van der Waals surface area contributed by atoms with Crippen molar-refractivity contribution < 1.29 is 4.42 Å². The quantitative estimate of drug-likeness (QED) is 0.177. The van der Waals surface area contributed by atoms with E-state index in [9.17, 15) is 0 Å². The van der Waals surface area contributed by atoms with E-state index < -0.39 is 0 Å². The first-order valence-electron chi connectivity index (χ1n) is 19.0. The van der Waals surface area contributed by atoms with Crippen molar-refractivity contribution in [1.29, 1.82) is 0 Å². The number of furan rings is 1. The van der Waals surface area contributed by atoms with Crippen LogP contribution >= 0.6 is 11.3 Å². The maximum absolute atomic E-state index is 6.64. The molecule has 11 rings (SSSR count). The highest BCUT2D eigenvalue weighted by Gasteiger charge is 2.37. The van der Waals surface area contributed by atoms with Crippen LogP contribution in [-0.2, 0) is 6.42 Å². The maximum Gasteiger partial charge on any atom is 0.134 e. The summed E-state index contributed by atoms with van der Waals surface area (Å²) in [5.74, 6) is 1.78. The molecule has 54 heavy (non-hydrogen) atoms. The van der Waals surface area contributed by atoms with E-state index in [1.54, 1.807) is 0 Å². The first kappa shape index (κ1) is 31.4. The van der Waals surface area contributed by atoms with Gasteiger partial charge < -0.3 is 9.32 Å². The molecule has 0 bridgehead atoms. The van der Waals surface area contributed by atoms with Gasteiger partial charge in [0.15, 0.2) is 0 Å². The number of para-hydroxylation sites is 2. The second kappa shape index (κ2) is 12.8. The second-order valence-corrected chi connectivity index (χ2v) is 15.8. The minimum Gasteiger partial charge on any atom is -0.460 e. The fraction of sp³-hybridized carbons (Fsp3) is 0.0980. The number of benzene rings is 7. The lowest BCUT2D eigenvalue weighted by Crippen LogP contribution is -2.15. The molecule has 2 aliphatic rings. The maximum atomic E-state index is 6.64. The van der Waals surface area contributed by atoms with Crippen molar-refractivity contribution in [3.8, 4) is 0 Å². The van der Waals surface area contributed by atoms with Gasteiger partial charge in [0.25, 0.3) is 0 Å². The van der Waals surface area contributed by atoms with Gasteiger partial charge in [0.1, 0.15) is 11.3 Å². The SMILES string of the molecule is c1ccc(C2=C3c4ccccc4C(c4ccc(N(c5ccccc5)c5ccc6sc7ccccc7c6c5)cc4)CCC3Cc3oc4ccccc4c32)cc1. The molecule has 2 heterocycles. The van der Waals surface area contributed by atoms with Crippen LogP contribution in [0.1, 0.15) is 52.3 Å². The largest absolute Gasteiger partial charge is 0.460 e. The number of thiophene rings is 1. The molecule has 0 radical (unpaired) electrons. The molecule has 0 saturated carbocycles. The lowest BCUT2D eigenvalue weighted by molar-refractivity contribution is 0.477. The monoisotopic (exact) mass is 711 g/mol. The van der Waals surface area contributed by atoms with Crippen molar-refractivity contribution >= 4 is 70.7 Å². The molecule has 2 aliphatic carbocycles. The number of anilines is 3. The van der Waals surface area contributed by atoms with E-state index >= 15 is 0 Å². The average molecular weight is 712 g/mol. The Balaban J connectivity index is 1.03. The van der Waals surface area contributed by atoms with Crippen molar-refractivity contribution in [2.24, 2.45) is 5.92 Å². The predicted octanol–water partition coefficient (Wildman–Crippen LogP) is 14.3. The Labute approximate surface area is 319 Å². The lowest BCUT2D eigenvalue weighted by Gasteiger charge is -2.28. The number of rotatable bonds is 5. The summed E-state index contributed by atoms with van der Waals surface area (Å²) in [6.45, 7) is 0. The number of nitrogens with zero attached hydrogens (tertiary/aromatic N) is 1. The van der Waals surface area contributed by atoms with E-state index in [0.29, 0.717) is 5.92 Å². The molecular weight excluding hydrogens is 675 g/mol. The fourth-order valence-corrected chi connectivity index (χ4v) is 10.4. The highest BCUT2D eigenvalue weighted by atomic mass is 32.1. The molecule has 7 aromatic carbocycles. The van der Waals surface area contributed by atoms with Crippen molar-refractivity contribution in [1.82, 2.24) is 0 Å². The Kier molecular flexibility index (Phi) is 7.41. The van der Waals surface area contributed by atoms with E-state index in [-0.39, 0.29) is 5.92 Å². The van der Waals surface area contributed by atoms with Crippen LogP contribution in [0.15, 0.2) is 180 Å². The van der Waals surface area contributed by atoms with Crippen molar-refractivity contribution in [2.75, 3.05) is 4.90 Å². The van der Waals surface area contributed by atoms with Gasteiger partial charge in [0.05, 0.1) is 0 Å². The van der Waals surface area contributed by atoms with Gasteiger partial charge in [0, 0.05) is 60.5 Å². The molecule has 2 nitrogen and oxygen atoms in total. The van der Waals surface area contributed by atoms with Gasteiger partial charge >= 0.3 is 0 Å². The summed E-state index contributed by atoms with van der Waals surface area (Å²) in [5.41, 5.74) is 14.0. The van der Waals surface area contributed by atoms with Gasteiger partial charge in [-0.05, 0) is 107 Å². The van der Waals surface area contributed by atoms with E-state index in [2.05, 4.69) is 181 Å². The summed E-state index contributed by atoms with van der Waals surface area (Å²) in [6.07, 6.45) is 3.09. The molecule has 2 unspecified atom stereocenters. The van der Waals surface area contributed by atoms with Crippen LogP contribution in [0.2, 0.25) is 0 Å². The normalized spacial score (nSPS) is 16.6. The zero-order valence-corrected chi connectivity index (χ0v) is 30.6. The Morgan fingerprint density at radius 2 is 1.20 bits per heavy atom. The molecule has 258 valence electrons. The highest BCUT2D eigenvalue weighted by Crippen LogP contribution is 2.53. The van der Waals surface area contributed by atoms with Crippen LogP contribution in [0.3, 0.4) is 0 Å². The molecule has 0 fully saturated rings. The van der Waals surface area contributed by atoms with Crippen LogP contribution in [0.25, 0.3) is 42.3 Å². The summed E-state index contributed by atoms with van der Waals surface area (Å²) in [5, 5.41) is 3.83. The van der Waals surface area contributed by atoms with Gasteiger partial charge in [-0.15, -0.1) is 11.3 Å². The summed E-state index contributed by atoms with van der Waals surface area (Å²) >= 11 is 1.86. The van der Waals surface area contributed by atoms with Gasteiger partial charge in [-0.3, -0.25) is 0 Å². The topological polar surface area (TPSA) is 16.4 Å². The summed E-state index contributed by atoms with van der Waals surface area (Å²) in [6, 6.07) is 64.6. The highest BCUT2D eigenvalue weighted by molar-refractivity contribution is 7.25. The second-order valence-electron chi connectivity index (χ2n) is 14.7. The summed E-state index contributed by atoms with van der Waals surface area (Å²) in [7, 11) is 0. The number of hydrogen-bond acceptors (Lipinski definition) is 3. The molecule has 0 N–H and O–H groups in total. The molecule has 0 spiro atoms. The van der Waals surface area contributed by atoms with E-state index in [1.807, 2.05) is 11.3 Å². The summed E-state index contributed by atoms with van der Waals surface area (Å²) < 4.78 is 9.29. The van der Waals surface area contributed by atoms with Crippen LogP contribution in [0.5, 0.6) is 0 Å². The van der Waals surface area contributed by atoms with Gasteiger partial charge in [0.2, 0.25) is 0 Å². The molecule has 0 saturated heterocycles. The number of allylic oxidation sites excluding steroid dienone is 1. The van der Waals surface area contributed by atoms with Crippen molar-refractivity contribution in [2.45, 2.75) is 25.2 Å². The van der Waals surface area contributed by atoms with Gasteiger partial charge in [-0.25, -0.2) is 0 Å². The van der Waals surface area contributed by atoms with Crippen LogP contribution in [0, 0.1) is 5.92 Å². The molecule has 2 atom stereocenters. The minimum absolute atomic E-state index is 0.284. The number of fused-ring (bicyclic) bond motifs is 9. The Morgan fingerprint density at radius 3 is 2.06 bits per heavy atom. The zero-order chi connectivity index (χ0) is 35.6. The zero-order valence-electron chi connectivity index (χ0n) is 29.8. The standard InChI is InChI=1S/C51H37NOS/c1-3-13-34(14-4-1)50-49-35(31-46-51(50)43-20-9-11-21-45(43)53-46)25-29-39(40-17-7-8-19-42(40)49)33-23-26-37(27-24-33)52(36-15-5-2-6-16-36)38-28-30-48-44(32-38)41-18-10-12-22-47(41)54-48/h1-24,26-28,30,32,35,39H,25,29,31H2. The van der Waals surface area contributed by atoms with Crippen LogP contribution in [0.4, 0.5) is 17.1 Å². The average Bonchev–Trinajstić information content (AvgIpc) is 3.74. The van der Waals surface area contributed by atoms with E-state index in [4.69, 9.17) is 4.42 Å². The third kappa shape index (κ3) is 5.07. The summed E-state index contributed by atoms with van der Waals surface area (Å²) in [4.78, 5) is 2.40. The third-order valence-corrected chi connectivity index (χ3v) is 12.9. The van der Waals surface area contributed by atoms with Crippen molar-refractivity contribution in [3.63, 3.8) is 0 Å². The molecule has 3 heteroatoms. The molecule has 0 aliphatic heterocycles. The third-order valence-electron chi connectivity index (χ3n) is 11.7. The molecule has 0 amide bonds. The van der Waals surface area contributed by atoms with Crippen molar-refractivity contribution in [3.05, 3.63) is 210 Å². The van der Waals surface area contributed by atoms with E-state index in [1.165, 1.54) is 70.2 Å². The minimum atomic E-state index is 0.284. The molecular formula is C51H37NOS. The number of hydrogen-bond donors (Lipinski definition) is 0. The van der Waals surface area contributed by atoms with Gasteiger partial charge in [-0.1, -0.05) is 121 Å². The van der Waals surface area contributed by atoms with Crippen LogP contribution in [-0.4, -0.2) is 0 Å². The predicted molar refractivity (Wildman–Crippen MR) is 227 cm³/mol. The fourth-order valence-electron chi connectivity index (χ4n) is 9.33.